The van der Waals surface area contributed by atoms with Crippen molar-refractivity contribution in [2.45, 2.75) is 24.1 Å². The van der Waals surface area contributed by atoms with Crippen LogP contribution in [0, 0.1) is 0 Å². The van der Waals surface area contributed by atoms with Crippen molar-refractivity contribution in [1.29, 1.82) is 0 Å². The van der Waals surface area contributed by atoms with Crippen LogP contribution in [0.1, 0.15) is 29.8 Å². The first-order valence-corrected chi connectivity index (χ1v) is 8.92. The van der Waals surface area contributed by atoms with E-state index in [0.29, 0.717) is 17.9 Å². The van der Waals surface area contributed by atoms with Gasteiger partial charge in [-0.1, -0.05) is 12.1 Å². The fourth-order valence-electron chi connectivity index (χ4n) is 2.43. The van der Waals surface area contributed by atoms with Gasteiger partial charge in [0, 0.05) is 23.3 Å². The second kappa shape index (κ2) is 6.47. The van der Waals surface area contributed by atoms with Crippen LogP contribution in [0.15, 0.2) is 4.52 Å². The molecule has 1 N–H and O–H groups in total. The summed E-state index contributed by atoms with van der Waals surface area (Å²) in [4.78, 5) is 4.62. The summed E-state index contributed by atoms with van der Waals surface area (Å²) in [6.45, 7) is 4.43. The summed E-state index contributed by atoms with van der Waals surface area (Å²) in [6, 6.07) is 0.298. The molecule has 2 fully saturated rings. The molecule has 0 bridgehead atoms. The van der Waals surface area contributed by atoms with E-state index in [0.717, 1.165) is 30.6 Å². The van der Waals surface area contributed by atoms with E-state index in [-0.39, 0.29) is 5.92 Å². The minimum atomic E-state index is 0.197. The Hall–Kier alpha value is -0.240. The number of likely N-dealkylation sites (N-methyl/N-ethyl adjacent to an activating group) is 1. The molecule has 5 nitrogen and oxygen atoms in total. The van der Waals surface area contributed by atoms with Crippen molar-refractivity contribution in [3.63, 3.8) is 0 Å². The van der Waals surface area contributed by atoms with E-state index >= 15 is 0 Å². The molecule has 2 saturated heterocycles. The second-order valence-electron chi connectivity index (χ2n) is 4.73. The zero-order valence-electron chi connectivity index (χ0n) is 11.0. The van der Waals surface area contributed by atoms with Gasteiger partial charge in [0.05, 0.1) is 24.4 Å². The highest BCUT2D eigenvalue weighted by Crippen LogP contribution is 2.36. The van der Waals surface area contributed by atoms with Gasteiger partial charge in [-0.05, 0) is 6.54 Å². The lowest BCUT2D eigenvalue weighted by atomic mass is 10.0. The number of hydrogen-bond acceptors (Lipinski definition) is 7. The standard InChI is InChI=1S/C12H19N3O2S2/c1-2-13-9-6-16-5-8(9)12-14-11(15-17-12)10-7-18-3-4-19-10/h8-10,13H,2-7H2,1H3. The molecule has 0 aliphatic carbocycles. The summed E-state index contributed by atoms with van der Waals surface area (Å²) >= 11 is 3.90. The number of rotatable bonds is 4. The molecular weight excluding hydrogens is 282 g/mol. The summed E-state index contributed by atoms with van der Waals surface area (Å²) < 4.78 is 11.0. The van der Waals surface area contributed by atoms with Crippen LogP contribution < -0.4 is 5.32 Å². The fraction of sp³-hybridized carbons (Fsp3) is 0.833. The maximum absolute atomic E-state index is 5.53. The lowest BCUT2D eigenvalue weighted by Crippen LogP contribution is -2.34. The summed E-state index contributed by atoms with van der Waals surface area (Å²) in [5.41, 5.74) is 0. The minimum Gasteiger partial charge on any atom is -0.379 e. The Morgan fingerprint density at radius 1 is 1.37 bits per heavy atom. The van der Waals surface area contributed by atoms with Crippen LogP contribution in [-0.4, -0.2) is 53.2 Å². The number of nitrogens with one attached hydrogen (secondary N) is 1. The van der Waals surface area contributed by atoms with Gasteiger partial charge in [0.2, 0.25) is 5.89 Å². The van der Waals surface area contributed by atoms with Gasteiger partial charge in [0.25, 0.3) is 0 Å². The predicted octanol–water partition coefficient (Wildman–Crippen LogP) is 1.68. The summed E-state index contributed by atoms with van der Waals surface area (Å²) in [7, 11) is 0. The average molecular weight is 301 g/mol. The number of hydrogen-bond donors (Lipinski definition) is 1. The molecule has 0 radical (unpaired) electrons. The van der Waals surface area contributed by atoms with E-state index in [2.05, 4.69) is 22.4 Å². The van der Waals surface area contributed by atoms with Gasteiger partial charge in [-0.3, -0.25) is 0 Å². The van der Waals surface area contributed by atoms with E-state index in [1.54, 1.807) is 0 Å². The molecule has 0 saturated carbocycles. The van der Waals surface area contributed by atoms with Crippen molar-refractivity contribution >= 4 is 23.5 Å². The van der Waals surface area contributed by atoms with Gasteiger partial charge >= 0.3 is 0 Å². The highest BCUT2D eigenvalue weighted by Gasteiger charge is 2.34. The van der Waals surface area contributed by atoms with Crippen LogP contribution in [-0.2, 0) is 4.74 Å². The summed E-state index contributed by atoms with van der Waals surface area (Å²) in [6.07, 6.45) is 0. The lowest BCUT2D eigenvalue weighted by Gasteiger charge is -2.17. The molecule has 7 heteroatoms. The van der Waals surface area contributed by atoms with Crippen molar-refractivity contribution in [2.75, 3.05) is 37.0 Å². The molecule has 2 aliphatic rings. The molecule has 1 aromatic rings. The van der Waals surface area contributed by atoms with E-state index in [9.17, 15) is 0 Å². The predicted molar refractivity (Wildman–Crippen MR) is 77.8 cm³/mol. The molecule has 3 atom stereocenters. The van der Waals surface area contributed by atoms with Crippen molar-refractivity contribution in [1.82, 2.24) is 15.5 Å². The quantitative estimate of drug-likeness (QED) is 0.908. The zero-order valence-corrected chi connectivity index (χ0v) is 12.6. The van der Waals surface area contributed by atoms with Crippen molar-refractivity contribution in [3.05, 3.63) is 11.7 Å². The first kappa shape index (κ1) is 13.7. The van der Waals surface area contributed by atoms with Crippen molar-refractivity contribution < 1.29 is 9.26 Å². The Morgan fingerprint density at radius 2 is 2.32 bits per heavy atom. The molecule has 1 aromatic heterocycles. The molecule has 0 spiro atoms. The smallest absolute Gasteiger partial charge is 0.233 e. The lowest BCUT2D eigenvalue weighted by molar-refractivity contribution is 0.185. The summed E-state index contributed by atoms with van der Waals surface area (Å²) in [5, 5.41) is 7.98. The summed E-state index contributed by atoms with van der Waals surface area (Å²) in [5.74, 6) is 5.27. The van der Waals surface area contributed by atoms with Crippen molar-refractivity contribution in [2.24, 2.45) is 0 Å². The van der Waals surface area contributed by atoms with E-state index in [1.165, 1.54) is 11.5 Å². The Balaban J connectivity index is 1.69. The minimum absolute atomic E-state index is 0.197. The van der Waals surface area contributed by atoms with Crippen LogP contribution in [0.25, 0.3) is 0 Å². The SMILES string of the molecule is CCNC1COCC1c1nc(C2CSCCS2)no1. The topological polar surface area (TPSA) is 60.2 Å². The van der Waals surface area contributed by atoms with E-state index < -0.39 is 0 Å². The molecule has 19 heavy (non-hydrogen) atoms. The highest BCUT2D eigenvalue weighted by molar-refractivity contribution is 8.06. The third-order valence-electron chi connectivity index (χ3n) is 3.43. The van der Waals surface area contributed by atoms with Gasteiger partial charge in [-0.25, -0.2) is 0 Å². The van der Waals surface area contributed by atoms with E-state index in [1.807, 2.05) is 23.5 Å². The van der Waals surface area contributed by atoms with Crippen LogP contribution >= 0.6 is 23.5 Å². The highest BCUT2D eigenvalue weighted by atomic mass is 32.2. The van der Waals surface area contributed by atoms with Crippen LogP contribution in [0.5, 0.6) is 0 Å². The first-order chi connectivity index (χ1) is 9.38. The third kappa shape index (κ3) is 3.09. The maximum Gasteiger partial charge on any atom is 0.233 e. The number of aromatic nitrogens is 2. The van der Waals surface area contributed by atoms with Gasteiger partial charge in [-0.2, -0.15) is 16.7 Å². The Labute approximate surface area is 121 Å². The molecule has 3 rings (SSSR count). The molecule has 3 unspecified atom stereocenters. The Bertz CT molecular complexity index is 409. The van der Waals surface area contributed by atoms with Crippen molar-refractivity contribution in [3.8, 4) is 0 Å². The fourth-order valence-corrected chi connectivity index (χ4v) is 5.02. The van der Waals surface area contributed by atoms with Crippen LogP contribution in [0.2, 0.25) is 0 Å². The molecule has 2 aliphatic heterocycles. The normalized spacial score (nSPS) is 31.7. The van der Waals surface area contributed by atoms with Crippen LogP contribution in [0.3, 0.4) is 0 Å². The second-order valence-corrected chi connectivity index (χ2v) is 7.19. The van der Waals surface area contributed by atoms with Gasteiger partial charge in [0.15, 0.2) is 5.82 Å². The van der Waals surface area contributed by atoms with Gasteiger partial charge in [0.1, 0.15) is 0 Å². The number of nitrogens with zero attached hydrogens (tertiary/aromatic N) is 2. The average Bonchev–Trinajstić information content (AvgIpc) is 3.08. The third-order valence-corrected chi connectivity index (χ3v) is 6.18. The largest absolute Gasteiger partial charge is 0.379 e. The number of ether oxygens (including phenoxy) is 1. The molecule has 106 valence electrons. The van der Waals surface area contributed by atoms with Gasteiger partial charge in [-0.15, -0.1) is 11.8 Å². The monoisotopic (exact) mass is 301 g/mol. The van der Waals surface area contributed by atoms with Gasteiger partial charge < -0.3 is 14.6 Å². The van der Waals surface area contributed by atoms with E-state index in [4.69, 9.17) is 9.26 Å². The van der Waals surface area contributed by atoms with Crippen LogP contribution in [0.4, 0.5) is 0 Å². The molecule has 3 heterocycles. The Morgan fingerprint density at radius 3 is 3.11 bits per heavy atom. The molecule has 0 aromatic carbocycles. The zero-order chi connectivity index (χ0) is 13.1. The molecule has 0 amide bonds. The maximum atomic E-state index is 5.53. The Kier molecular flexibility index (Phi) is 4.68. The first-order valence-electron chi connectivity index (χ1n) is 6.72. The molecular formula is C12H19N3O2S2. The number of thioether (sulfide) groups is 2.